The molecule has 0 radical (unpaired) electrons. The van der Waals surface area contributed by atoms with E-state index in [0.29, 0.717) is 46.3 Å². The maximum Gasteiger partial charge on any atom is 0.200 e. The molecule has 0 bridgehead atoms. The Labute approximate surface area is 304 Å². The van der Waals surface area contributed by atoms with Gasteiger partial charge in [-0.25, -0.2) is 0 Å². The first-order chi connectivity index (χ1) is 23.0. The molecule has 7 nitrogen and oxygen atoms in total. The largest absolute Gasteiger partial charge is 0.416 e. The Morgan fingerprint density at radius 3 is 1.92 bits per heavy atom. The van der Waals surface area contributed by atoms with Gasteiger partial charge in [0.1, 0.15) is 6.10 Å². The second-order valence-electron chi connectivity index (χ2n) is 17.7. The molecule has 9 heteroatoms. The molecule has 8 atom stereocenters. The van der Waals surface area contributed by atoms with Crippen LogP contribution in [0, 0.1) is 0 Å². The van der Waals surface area contributed by atoms with E-state index >= 15 is 0 Å². The Morgan fingerprint density at radius 1 is 0.796 bits per heavy atom. The summed E-state index contributed by atoms with van der Waals surface area (Å²) in [6.07, 6.45) is 8.10. The van der Waals surface area contributed by atoms with Gasteiger partial charge in [0.05, 0.1) is 48.8 Å². The SMILES string of the molecule is C=CCO[C@H]1CC[C@@]2(C)O[C@H]3[C@@H](O[Si](C(C)C)(C(C)C)C(C)C)C[C@@H](CCCO[Si](C(C)C)(C(C)C)C(C)C)O[C@@H]3C[C@@H]2O[C@@H]1CCCO. The van der Waals surface area contributed by atoms with Crippen LogP contribution >= 0.6 is 0 Å². The van der Waals surface area contributed by atoms with Gasteiger partial charge in [-0.3, -0.25) is 0 Å². The zero-order valence-electron chi connectivity index (χ0n) is 34.0. The summed E-state index contributed by atoms with van der Waals surface area (Å²) < 4.78 is 42.1. The fourth-order valence-electron chi connectivity index (χ4n) is 10.5. The molecule has 0 aromatic carbocycles. The van der Waals surface area contributed by atoms with Gasteiger partial charge in [-0.2, -0.15) is 0 Å². The van der Waals surface area contributed by atoms with Gasteiger partial charge >= 0.3 is 0 Å². The van der Waals surface area contributed by atoms with Crippen LogP contribution in [0.3, 0.4) is 0 Å². The van der Waals surface area contributed by atoms with Crippen molar-refractivity contribution in [2.75, 3.05) is 19.8 Å². The summed E-state index contributed by atoms with van der Waals surface area (Å²) in [5.41, 5.74) is 2.74. The van der Waals surface area contributed by atoms with E-state index in [0.717, 1.165) is 51.6 Å². The highest BCUT2D eigenvalue weighted by atomic mass is 28.4. The summed E-state index contributed by atoms with van der Waals surface area (Å²) in [6, 6.07) is 0. The molecule has 3 fully saturated rings. The van der Waals surface area contributed by atoms with E-state index in [9.17, 15) is 5.11 Å². The second-order valence-corrected chi connectivity index (χ2v) is 28.5. The first-order valence-electron chi connectivity index (χ1n) is 20.1. The fraction of sp³-hybridized carbons (Fsp3) is 0.950. The molecule has 0 aromatic heterocycles. The van der Waals surface area contributed by atoms with Gasteiger partial charge in [0, 0.05) is 26.1 Å². The van der Waals surface area contributed by atoms with Gasteiger partial charge in [0.15, 0.2) is 8.32 Å². The van der Waals surface area contributed by atoms with E-state index in [1.165, 1.54) is 0 Å². The summed E-state index contributed by atoms with van der Waals surface area (Å²) in [5, 5.41) is 9.67. The van der Waals surface area contributed by atoms with Crippen molar-refractivity contribution in [3.63, 3.8) is 0 Å². The van der Waals surface area contributed by atoms with Gasteiger partial charge in [-0.05, 0) is 78.7 Å². The van der Waals surface area contributed by atoms with Crippen LogP contribution in [-0.2, 0) is 27.8 Å². The van der Waals surface area contributed by atoms with Gasteiger partial charge < -0.3 is 32.9 Å². The number of fused-ring (bicyclic) bond motifs is 2. The summed E-state index contributed by atoms with van der Waals surface area (Å²) >= 11 is 0. The molecule has 0 aliphatic carbocycles. The highest BCUT2D eigenvalue weighted by Gasteiger charge is 2.57. The van der Waals surface area contributed by atoms with E-state index in [1.807, 2.05) is 0 Å². The summed E-state index contributed by atoms with van der Waals surface area (Å²) in [6.45, 7) is 36.0. The smallest absolute Gasteiger partial charge is 0.200 e. The monoisotopic (exact) mass is 727 g/mol. The molecule has 3 heterocycles. The average Bonchev–Trinajstić information content (AvgIpc) is 3.14. The van der Waals surface area contributed by atoms with Crippen LogP contribution in [-0.4, -0.2) is 89.9 Å². The number of hydrogen-bond donors (Lipinski definition) is 1. The molecule has 3 saturated heterocycles. The average molecular weight is 727 g/mol. The van der Waals surface area contributed by atoms with Crippen LogP contribution in [0.25, 0.3) is 0 Å². The third-order valence-corrected chi connectivity index (χ3v) is 24.9. The first-order valence-corrected chi connectivity index (χ1v) is 24.4. The van der Waals surface area contributed by atoms with Crippen LogP contribution < -0.4 is 0 Å². The quantitative estimate of drug-likeness (QED) is 0.0807. The highest BCUT2D eigenvalue weighted by Crippen LogP contribution is 2.49. The topological polar surface area (TPSA) is 75.6 Å². The van der Waals surface area contributed by atoms with E-state index in [-0.39, 0.29) is 49.3 Å². The third kappa shape index (κ3) is 9.72. The minimum Gasteiger partial charge on any atom is -0.416 e. The minimum absolute atomic E-state index is 0.0157. The second kappa shape index (κ2) is 18.8. The van der Waals surface area contributed by atoms with Crippen molar-refractivity contribution in [2.24, 2.45) is 0 Å². The zero-order chi connectivity index (χ0) is 36.7. The van der Waals surface area contributed by atoms with E-state index in [4.69, 9.17) is 27.8 Å². The molecule has 0 amide bonds. The number of ether oxygens (including phenoxy) is 4. The highest BCUT2D eigenvalue weighted by molar-refractivity contribution is 6.78. The van der Waals surface area contributed by atoms with Crippen molar-refractivity contribution in [1.29, 1.82) is 0 Å². The fourth-order valence-corrected chi connectivity index (χ4v) is 21.6. The molecule has 0 spiro atoms. The third-order valence-electron chi connectivity index (χ3n) is 12.7. The van der Waals surface area contributed by atoms with Crippen LogP contribution in [0.4, 0.5) is 0 Å². The standard InChI is InChI=1S/C40H78O7Si2/c1-15-23-42-34-20-21-40(14)38(45-35(34)19-16-22-41)26-36-39(46-40)37(47-49(30(8)9,31(10)11)32(12)13)25-33(44-36)18-17-24-43-48(27(2)3,28(4)5)29(6)7/h15,27-39,41H,1,16-26H2,2-14H3/t33-,34+,35-,36-,37+,38+,39-,40-/m1/s1. The van der Waals surface area contributed by atoms with Crippen molar-refractivity contribution in [3.05, 3.63) is 12.7 Å². The maximum atomic E-state index is 9.67. The number of rotatable bonds is 19. The molecule has 0 aromatic rings. The van der Waals surface area contributed by atoms with Gasteiger partial charge in [-0.15, -0.1) is 6.58 Å². The van der Waals surface area contributed by atoms with Gasteiger partial charge in [-0.1, -0.05) is 89.2 Å². The number of aliphatic hydroxyl groups excluding tert-OH is 1. The summed E-state index contributed by atoms with van der Waals surface area (Å²) in [5.74, 6) is 0. The number of hydrogen-bond acceptors (Lipinski definition) is 7. The lowest BCUT2D eigenvalue weighted by Gasteiger charge is -2.55. The van der Waals surface area contributed by atoms with Gasteiger partial charge in [0.25, 0.3) is 0 Å². The lowest BCUT2D eigenvalue weighted by Crippen LogP contribution is -2.65. The Kier molecular flexibility index (Phi) is 16.6. The molecule has 3 aliphatic heterocycles. The van der Waals surface area contributed by atoms with Crippen LogP contribution in [0.15, 0.2) is 12.7 Å². The van der Waals surface area contributed by atoms with E-state index in [1.54, 1.807) is 6.08 Å². The van der Waals surface area contributed by atoms with Gasteiger partial charge in [0.2, 0.25) is 8.32 Å². The molecule has 0 saturated carbocycles. The predicted molar refractivity (Wildman–Crippen MR) is 207 cm³/mol. The molecule has 3 aliphatic rings. The Hall–Kier alpha value is -0.106. The molecular formula is C40H78O7Si2. The molecule has 3 rings (SSSR count). The lowest BCUT2D eigenvalue weighted by atomic mass is 9.81. The molecule has 288 valence electrons. The Balaban J connectivity index is 1.89. The van der Waals surface area contributed by atoms with Crippen LogP contribution in [0.1, 0.15) is 141 Å². The molecule has 1 N–H and O–H groups in total. The van der Waals surface area contributed by atoms with Crippen molar-refractivity contribution in [3.8, 4) is 0 Å². The molecule has 0 unspecified atom stereocenters. The van der Waals surface area contributed by atoms with Crippen molar-refractivity contribution < 1.29 is 32.9 Å². The maximum absolute atomic E-state index is 9.67. The predicted octanol–water partition coefficient (Wildman–Crippen LogP) is 10.1. The van der Waals surface area contributed by atoms with E-state index < -0.39 is 22.2 Å². The van der Waals surface area contributed by atoms with E-state index in [2.05, 4.69) is 96.6 Å². The molecule has 49 heavy (non-hydrogen) atoms. The Morgan fingerprint density at radius 2 is 1.39 bits per heavy atom. The van der Waals surface area contributed by atoms with Crippen molar-refractivity contribution in [1.82, 2.24) is 0 Å². The lowest BCUT2D eigenvalue weighted by molar-refractivity contribution is -0.290. The van der Waals surface area contributed by atoms with Crippen molar-refractivity contribution in [2.45, 2.75) is 223 Å². The first kappa shape index (κ1) is 43.3. The summed E-state index contributed by atoms with van der Waals surface area (Å²) in [4.78, 5) is 0. The normalized spacial score (nSPS) is 31.6. The molecular weight excluding hydrogens is 649 g/mol. The Bertz CT molecular complexity index is 944. The van der Waals surface area contributed by atoms with Crippen LogP contribution in [0.2, 0.25) is 33.2 Å². The minimum atomic E-state index is -2.19. The zero-order valence-corrected chi connectivity index (χ0v) is 36.0. The van der Waals surface area contributed by atoms with Crippen molar-refractivity contribution >= 4 is 16.6 Å². The summed E-state index contributed by atoms with van der Waals surface area (Å²) in [7, 11) is -4.11. The van der Waals surface area contributed by atoms with Crippen LogP contribution in [0.5, 0.6) is 0 Å². The number of aliphatic hydroxyl groups is 1.